The van der Waals surface area contributed by atoms with Gasteiger partial charge in [0.2, 0.25) is 0 Å². The van der Waals surface area contributed by atoms with E-state index in [2.05, 4.69) is 113 Å². The van der Waals surface area contributed by atoms with E-state index in [9.17, 15) is 0 Å². The second kappa shape index (κ2) is 10.6. The molecule has 1 unspecified atom stereocenters. The van der Waals surface area contributed by atoms with Gasteiger partial charge in [-0.15, -0.1) is 0 Å². The first-order valence-corrected chi connectivity index (χ1v) is 8.65. The van der Waals surface area contributed by atoms with Crippen LogP contribution >= 0.6 is 0 Å². The van der Waals surface area contributed by atoms with E-state index in [1.54, 1.807) is 0 Å². The van der Waals surface area contributed by atoms with Gasteiger partial charge in [0.25, 0.3) is 0 Å². The van der Waals surface area contributed by atoms with E-state index in [4.69, 9.17) is 0 Å². The van der Waals surface area contributed by atoms with Crippen molar-refractivity contribution in [3.63, 3.8) is 0 Å². The maximum atomic E-state index is 2.46. The molecule has 0 saturated carbocycles. The number of allylic oxidation sites excluding steroid dienone is 4. The zero-order valence-corrected chi connectivity index (χ0v) is 18.1. The van der Waals surface area contributed by atoms with Gasteiger partial charge in [-0.1, -0.05) is 0 Å². The van der Waals surface area contributed by atoms with Crippen LogP contribution in [0.4, 0.5) is 0 Å². The molecule has 3 rings (SSSR count). The first-order valence-electron chi connectivity index (χ1n) is 7.87. The van der Waals surface area contributed by atoms with Gasteiger partial charge in [-0.25, -0.2) is 0 Å². The number of hydrogen-bond donors (Lipinski definition) is 0. The van der Waals surface area contributed by atoms with Crippen LogP contribution < -0.4 is 37.2 Å². The molecular weight excluding hydrogens is 406 g/mol. The molecule has 1 atom stereocenters. The Hall–Kier alpha value is -0.496. The third kappa shape index (κ3) is 5.49. The fourth-order valence-corrected chi connectivity index (χ4v) is 4.09. The summed E-state index contributed by atoms with van der Waals surface area (Å²) in [7, 11) is 0. The minimum absolute atomic E-state index is 0. The Morgan fingerprint density at radius 3 is 1.56 bits per heavy atom. The molecule has 0 spiro atoms. The van der Waals surface area contributed by atoms with Crippen LogP contribution in [0.5, 0.6) is 0 Å². The van der Waals surface area contributed by atoms with Crippen LogP contribution in [-0.2, 0) is 20.4 Å². The Balaban J connectivity index is 0.00000192. The molecule has 2 aromatic carbocycles. The van der Waals surface area contributed by atoms with Crippen molar-refractivity contribution in [2.45, 2.75) is 23.5 Å². The SMILES string of the molecule is CC(C)C1=C[C]([Ti+3])(C(c2ccccc2)c2ccccc2)C=C1.[Cl-].[Cl-].[Cl-]. The molecular formula is C21H21Cl3Ti. The van der Waals surface area contributed by atoms with Gasteiger partial charge in [0.05, 0.1) is 0 Å². The van der Waals surface area contributed by atoms with Crippen molar-refractivity contribution in [2.24, 2.45) is 5.92 Å². The smallest absolute Gasteiger partial charge is 1.00 e. The molecule has 0 N–H and O–H groups in total. The Morgan fingerprint density at radius 2 is 1.20 bits per heavy atom. The van der Waals surface area contributed by atoms with Gasteiger partial charge in [-0.05, 0) is 0 Å². The third-order valence-electron chi connectivity index (χ3n) is 4.37. The molecule has 0 aromatic heterocycles. The van der Waals surface area contributed by atoms with Crippen LogP contribution in [0.2, 0.25) is 3.72 Å². The molecule has 0 amide bonds. The van der Waals surface area contributed by atoms with Crippen molar-refractivity contribution in [3.05, 3.63) is 95.6 Å². The molecule has 4 heteroatoms. The molecule has 25 heavy (non-hydrogen) atoms. The summed E-state index contributed by atoms with van der Waals surface area (Å²) in [5.74, 6) is 0.924. The molecule has 0 bridgehead atoms. The predicted octanol–water partition coefficient (Wildman–Crippen LogP) is -3.31. The normalized spacial score (nSPS) is 18.2. The molecule has 1 aliphatic rings. The largest absolute Gasteiger partial charge is 1.00 e. The van der Waals surface area contributed by atoms with E-state index in [-0.39, 0.29) is 40.9 Å². The molecule has 130 valence electrons. The minimum Gasteiger partial charge on any atom is -1.00 e. The molecule has 2 aromatic rings. The van der Waals surface area contributed by atoms with Crippen LogP contribution in [0.15, 0.2) is 84.5 Å². The first-order chi connectivity index (χ1) is 10.6. The van der Waals surface area contributed by atoms with Crippen molar-refractivity contribution >= 4 is 0 Å². The fourth-order valence-electron chi connectivity index (χ4n) is 3.18. The van der Waals surface area contributed by atoms with E-state index >= 15 is 0 Å². The molecule has 0 fully saturated rings. The Bertz CT molecular complexity index is 656. The summed E-state index contributed by atoms with van der Waals surface area (Å²) in [5, 5.41) is 0. The van der Waals surface area contributed by atoms with Crippen LogP contribution in [0, 0.1) is 5.92 Å². The first kappa shape index (κ1) is 24.5. The van der Waals surface area contributed by atoms with E-state index in [0.29, 0.717) is 11.8 Å². The van der Waals surface area contributed by atoms with Crippen LogP contribution in [0.25, 0.3) is 0 Å². The maximum absolute atomic E-state index is 2.46. The summed E-state index contributed by atoms with van der Waals surface area (Å²) < 4.78 is 0.0301. The number of benzene rings is 2. The molecule has 1 aliphatic carbocycles. The van der Waals surface area contributed by atoms with E-state index in [0.717, 1.165) is 0 Å². The summed E-state index contributed by atoms with van der Waals surface area (Å²) in [5.41, 5.74) is 4.20. The summed E-state index contributed by atoms with van der Waals surface area (Å²) in [6, 6.07) is 21.7. The Morgan fingerprint density at radius 1 is 0.760 bits per heavy atom. The van der Waals surface area contributed by atoms with E-state index in [1.165, 1.54) is 16.7 Å². The second-order valence-corrected chi connectivity index (χ2v) is 7.67. The second-order valence-electron chi connectivity index (χ2n) is 6.32. The van der Waals surface area contributed by atoms with Gasteiger partial charge in [0.15, 0.2) is 0 Å². The summed E-state index contributed by atoms with van der Waals surface area (Å²) in [6.45, 7) is 4.53. The third-order valence-corrected chi connectivity index (χ3v) is 5.30. The van der Waals surface area contributed by atoms with Gasteiger partial charge >= 0.3 is 145 Å². The predicted molar refractivity (Wildman–Crippen MR) is 89.5 cm³/mol. The van der Waals surface area contributed by atoms with Gasteiger partial charge < -0.3 is 37.2 Å². The van der Waals surface area contributed by atoms with Crippen LogP contribution in [0.3, 0.4) is 0 Å². The fraction of sp³-hybridized carbons (Fsp3) is 0.238. The molecule has 0 aliphatic heterocycles. The van der Waals surface area contributed by atoms with Crippen molar-refractivity contribution in [3.8, 4) is 0 Å². The van der Waals surface area contributed by atoms with Crippen LogP contribution in [0.1, 0.15) is 30.9 Å². The monoisotopic (exact) mass is 426 g/mol. The number of hydrogen-bond acceptors (Lipinski definition) is 0. The molecule has 0 saturated heterocycles. The van der Waals surface area contributed by atoms with Crippen molar-refractivity contribution in [1.29, 1.82) is 0 Å². The Kier molecular flexibility index (Phi) is 10.4. The average Bonchev–Trinajstić information content (AvgIpc) is 2.93. The number of rotatable bonds is 4. The van der Waals surface area contributed by atoms with E-state index < -0.39 is 0 Å². The molecule has 0 nitrogen and oxygen atoms in total. The van der Waals surface area contributed by atoms with E-state index in [1.807, 2.05) is 0 Å². The minimum atomic E-state index is 0. The van der Waals surface area contributed by atoms with Gasteiger partial charge in [-0.3, -0.25) is 0 Å². The maximum Gasteiger partial charge on any atom is -1.00 e. The van der Waals surface area contributed by atoms with Gasteiger partial charge in [-0.2, -0.15) is 0 Å². The average molecular weight is 428 g/mol. The van der Waals surface area contributed by atoms with Gasteiger partial charge in [0, 0.05) is 0 Å². The quantitative estimate of drug-likeness (QED) is 0.449. The van der Waals surface area contributed by atoms with Crippen molar-refractivity contribution < 1.29 is 57.7 Å². The standard InChI is InChI=1S/C21H21.3ClH.Ti/c1-16(2)19-13-14-20(15-19)21(17-9-5-3-6-10-17)18-11-7-4-8-12-18;;;;/h3-16,21H,1-2H3;3*1H;/q;;;;+3/p-3. The molecule has 0 radical (unpaired) electrons. The van der Waals surface area contributed by atoms with Gasteiger partial charge in [0.1, 0.15) is 0 Å². The molecule has 0 heterocycles. The summed E-state index contributed by atoms with van der Waals surface area (Å²) in [4.78, 5) is 0. The van der Waals surface area contributed by atoms with Crippen molar-refractivity contribution in [1.82, 2.24) is 0 Å². The van der Waals surface area contributed by atoms with Crippen molar-refractivity contribution in [2.75, 3.05) is 0 Å². The van der Waals surface area contributed by atoms with Crippen LogP contribution in [-0.4, -0.2) is 0 Å². The zero-order valence-electron chi connectivity index (χ0n) is 14.3. The Labute approximate surface area is 181 Å². The zero-order chi connectivity index (χ0) is 15.6. The topological polar surface area (TPSA) is 0 Å². The summed E-state index contributed by atoms with van der Waals surface area (Å²) >= 11 is 2.35. The summed E-state index contributed by atoms with van der Waals surface area (Å²) in [6.07, 6.45) is 7.15. The number of halogens is 3.